The predicted octanol–water partition coefficient (Wildman–Crippen LogP) is -1.15. The second kappa shape index (κ2) is 8.28. The zero-order valence-electron chi connectivity index (χ0n) is 11.1. The molecule has 0 bridgehead atoms. The molecular formula is C11H11N2NaO5S. The fourth-order valence-corrected chi connectivity index (χ4v) is 1.27. The van der Waals surface area contributed by atoms with Crippen molar-refractivity contribution >= 4 is 22.0 Å². The van der Waals surface area contributed by atoms with Crippen LogP contribution in [0.5, 0.6) is 0 Å². The Bertz CT molecular complexity index is 627. The molecule has 0 saturated heterocycles. The molecule has 1 aromatic rings. The Labute approximate surface area is 138 Å². The van der Waals surface area contributed by atoms with E-state index in [1.807, 2.05) is 0 Å². The molecule has 0 aromatic heterocycles. The van der Waals surface area contributed by atoms with Gasteiger partial charge in [0.25, 0.3) is 0 Å². The van der Waals surface area contributed by atoms with Crippen LogP contribution in [-0.4, -0.2) is 18.9 Å². The smallest absolute Gasteiger partial charge is 0.728 e. The van der Waals surface area contributed by atoms with Gasteiger partial charge in [-0.25, -0.2) is 13.2 Å². The molecule has 20 heavy (non-hydrogen) atoms. The zero-order chi connectivity index (χ0) is 14.5. The minimum absolute atomic E-state index is 0. The van der Waals surface area contributed by atoms with E-state index in [0.29, 0.717) is 5.56 Å². The topological polar surface area (TPSA) is 108 Å². The first-order chi connectivity index (χ1) is 8.78. The van der Waals surface area contributed by atoms with Crippen LogP contribution in [0.25, 0.3) is 0 Å². The molecule has 0 aliphatic rings. The molecule has 7 nitrogen and oxygen atoms in total. The molecule has 0 atom stereocenters. The van der Waals surface area contributed by atoms with Crippen LogP contribution < -0.4 is 29.6 Å². The summed E-state index contributed by atoms with van der Waals surface area (Å²) in [7, 11) is -4.76. The average Bonchev–Trinajstić information content (AvgIpc) is 2.33. The van der Waals surface area contributed by atoms with Crippen LogP contribution in [0, 0.1) is 0 Å². The monoisotopic (exact) mass is 306 g/mol. The quantitative estimate of drug-likeness (QED) is 0.224. The normalized spacial score (nSPS) is 10.9. The summed E-state index contributed by atoms with van der Waals surface area (Å²) >= 11 is 0. The van der Waals surface area contributed by atoms with Crippen LogP contribution in [0.3, 0.4) is 0 Å². The molecule has 1 rings (SSSR count). The minimum Gasteiger partial charge on any atom is -0.728 e. The van der Waals surface area contributed by atoms with E-state index in [2.05, 4.69) is 16.2 Å². The number of benzene rings is 1. The standard InChI is InChI=1S/C11H12N2O5S.Na/c1-8(2)11(14)18-7-9-4-3-5-10(6-9)12-13-19(15,16)17;/h3-6H,1,7H2,2H3,(H,15,16,17);/q;+1/p-1. The second-order valence-electron chi connectivity index (χ2n) is 3.64. The third-order valence-electron chi connectivity index (χ3n) is 1.89. The molecule has 102 valence electrons. The largest absolute Gasteiger partial charge is 1.00 e. The van der Waals surface area contributed by atoms with E-state index < -0.39 is 16.3 Å². The molecule has 0 aliphatic heterocycles. The maximum Gasteiger partial charge on any atom is 1.00 e. The van der Waals surface area contributed by atoms with Gasteiger partial charge in [-0.15, -0.1) is 5.11 Å². The van der Waals surface area contributed by atoms with Crippen LogP contribution in [0.1, 0.15) is 12.5 Å². The van der Waals surface area contributed by atoms with Crippen LogP contribution in [0.15, 0.2) is 46.1 Å². The summed E-state index contributed by atoms with van der Waals surface area (Å²) in [5.74, 6) is -0.533. The first kappa shape index (κ1) is 18.9. The number of esters is 1. The summed E-state index contributed by atoms with van der Waals surface area (Å²) in [6, 6.07) is 6.12. The average molecular weight is 306 g/mol. The van der Waals surface area contributed by atoms with Crippen molar-refractivity contribution in [2.45, 2.75) is 13.5 Å². The van der Waals surface area contributed by atoms with Crippen molar-refractivity contribution in [1.82, 2.24) is 0 Å². The van der Waals surface area contributed by atoms with Crippen molar-refractivity contribution in [1.29, 1.82) is 0 Å². The third-order valence-corrected chi connectivity index (χ3v) is 2.17. The van der Waals surface area contributed by atoms with E-state index in [1.165, 1.54) is 19.1 Å². The van der Waals surface area contributed by atoms with Gasteiger partial charge in [0.1, 0.15) is 6.61 Å². The predicted molar refractivity (Wildman–Crippen MR) is 65.3 cm³/mol. The Morgan fingerprint density at radius 2 is 2.10 bits per heavy atom. The van der Waals surface area contributed by atoms with Crippen LogP contribution >= 0.6 is 0 Å². The minimum atomic E-state index is -4.76. The first-order valence-electron chi connectivity index (χ1n) is 5.08. The van der Waals surface area contributed by atoms with Crippen LogP contribution in [0.4, 0.5) is 5.69 Å². The van der Waals surface area contributed by atoms with E-state index in [4.69, 9.17) is 4.74 Å². The van der Waals surface area contributed by atoms with Gasteiger partial charge in [0.2, 0.25) is 10.3 Å². The molecule has 0 radical (unpaired) electrons. The molecule has 0 fully saturated rings. The van der Waals surface area contributed by atoms with E-state index in [0.717, 1.165) is 0 Å². The van der Waals surface area contributed by atoms with E-state index in [9.17, 15) is 17.8 Å². The van der Waals surface area contributed by atoms with Crippen molar-refractivity contribution in [3.8, 4) is 0 Å². The molecular weight excluding hydrogens is 295 g/mol. The molecule has 1 aromatic carbocycles. The van der Waals surface area contributed by atoms with E-state index >= 15 is 0 Å². The van der Waals surface area contributed by atoms with Gasteiger partial charge >= 0.3 is 35.5 Å². The van der Waals surface area contributed by atoms with Crippen LogP contribution in [-0.2, 0) is 26.4 Å². The molecule has 9 heteroatoms. The summed E-state index contributed by atoms with van der Waals surface area (Å²) in [5, 5.41) is 3.27. The fourth-order valence-electron chi connectivity index (χ4n) is 1.08. The van der Waals surface area contributed by atoms with Crippen molar-refractivity contribution < 1.29 is 52.1 Å². The number of carbonyl (C=O) groups is 1. The first-order valence-corrected chi connectivity index (χ1v) is 6.45. The van der Waals surface area contributed by atoms with Crippen molar-refractivity contribution in [3.63, 3.8) is 0 Å². The summed E-state index contributed by atoms with van der Waals surface area (Å²) in [6.45, 7) is 4.94. The number of nitrogens with zero attached hydrogens (tertiary/aromatic N) is 2. The maximum absolute atomic E-state index is 11.2. The Balaban J connectivity index is 0.00000361. The molecule has 0 unspecified atom stereocenters. The fraction of sp³-hybridized carbons (Fsp3) is 0.182. The summed E-state index contributed by atoms with van der Waals surface area (Å²) in [6.07, 6.45) is 0. The molecule has 0 heterocycles. The van der Waals surface area contributed by atoms with E-state index in [-0.39, 0.29) is 47.4 Å². The van der Waals surface area contributed by atoms with Crippen molar-refractivity contribution in [3.05, 3.63) is 42.0 Å². The second-order valence-corrected chi connectivity index (χ2v) is 4.65. The van der Waals surface area contributed by atoms with Gasteiger partial charge in [0, 0.05) is 5.57 Å². The molecule has 0 spiro atoms. The van der Waals surface area contributed by atoms with Gasteiger partial charge < -0.3 is 9.29 Å². The molecule has 0 aliphatic carbocycles. The number of rotatable bonds is 5. The SMILES string of the molecule is C=C(C)C(=O)OCc1cccc(N=NS(=O)(=O)[O-])c1.[Na+]. The Morgan fingerprint density at radius 1 is 1.45 bits per heavy atom. The summed E-state index contributed by atoms with van der Waals surface area (Å²) in [4.78, 5) is 11.2. The molecule has 0 N–H and O–H groups in total. The van der Waals surface area contributed by atoms with Gasteiger partial charge in [-0.3, -0.25) is 0 Å². The maximum atomic E-state index is 11.2. The Kier molecular flexibility index (Phi) is 7.84. The third kappa shape index (κ3) is 7.51. The summed E-state index contributed by atoms with van der Waals surface area (Å²) < 4.78 is 38.4. The Morgan fingerprint density at radius 3 is 2.65 bits per heavy atom. The van der Waals surface area contributed by atoms with Crippen LogP contribution in [0.2, 0.25) is 0 Å². The number of carbonyl (C=O) groups excluding carboxylic acids is 1. The van der Waals surface area contributed by atoms with Gasteiger partial charge in [-0.1, -0.05) is 23.2 Å². The van der Waals surface area contributed by atoms with Gasteiger partial charge in [0.05, 0.1) is 5.69 Å². The number of hydrogen-bond donors (Lipinski definition) is 0. The number of ether oxygens (including phenoxy) is 1. The van der Waals surface area contributed by atoms with Crippen molar-refractivity contribution in [2.24, 2.45) is 9.63 Å². The van der Waals surface area contributed by atoms with Gasteiger partial charge in [0.15, 0.2) is 0 Å². The van der Waals surface area contributed by atoms with Gasteiger partial charge in [-0.2, -0.15) is 0 Å². The van der Waals surface area contributed by atoms with Crippen molar-refractivity contribution in [2.75, 3.05) is 0 Å². The molecule has 0 amide bonds. The molecule has 0 saturated carbocycles. The Hall–Kier alpha value is -1.06. The van der Waals surface area contributed by atoms with E-state index in [1.54, 1.807) is 12.1 Å². The van der Waals surface area contributed by atoms with Gasteiger partial charge in [-0.05, 0) is 24.6 Å². The summed E-state index contributed by atoms with van der Waals surface area (Å²) in [5.41, 5.74) is 1.02. The number of hydrogen-bond acceptors (Lipinski definition) is 6. The zero-order valence-corrected chi connectivity index (χ0v) is 13.9.